The van der Waals surface area contributed by atoms with Crippen LogP contribution in [0.5, 0.6) is 11.5 Å². The van der Waals surface area contributed by atoms with Crippen molar-refractivity contribution in [3.05, 3.63) is 120 Å². The van der Waals surface area contributed by atoms with Crippen LogP contribution in [0, 0.1) is 6.92 Å². The SMILES string of the molecule is COc1ccc(N(CC(=O)N(Cc2ccccc2)[C@H](Cc2ccccc2)C(=O)NC2CCCC2)S(=O)(=O)c2ccc(C)cc2)cc1OC. The van der Waals surface area contributed by atoms with Gasteiger partial charge in [-0.15, -0.1) is 0 Å². The molecule has 5 rings (SSSR count). The smallest absolute Gasteiger partial charge is 0.264 e. The van der Waals surface area contributed by atoms with Gasteiger partial charge in [0.1, 0.15) is 12.6 Å². The van der Waals surface area contributed by atoms with Crippen LogP contribution in [0.3, 0.4) is 0 Å². The lowest BCUT2D eigenvalue weighted by Gasteiger charge is -2.34. The van der Waals surface area contributed by atoms with E-state index >= 15 is 0 Å². The highest BCUT2D eigenvalue weighted by Crippen LogP contribution is 2.34. The Morgan fingerprint density at radius 3 is 2.02 bits per heavy atom. The number of nitrogens with one attached hydrogen (secondary N) is 1. The van der Waals surface area contributed by atoms with E-state index in [0.717, 1.165) is 46.7 Å². The zero-order chi connectivity index (χ0) is 34.1. The van der Waals surface area contributed by atoms with Crippen LogP contribution in [0.1, 0.15) is 42.4 Å². The highest BCUT2D eigenvalue weighted by molar-refractivity contribution is 7.92. The maximum atomic E-state index is 14.7. The molecule has 1 aliphatic carbocycles. The summed E-state index contributed by atoms with van der Waals surface area (Å²) in [5.41, 5.74) is 2.82. The van der Waals surface area contributed by atoms with Crippen LogP contribution in [-0.4, -0.2) is 58.0 Å². The summed E-state index contributed by atoms with van der Waals surface area (Å²) in [6, 6.07) is 29.3. The second-order valence-corrected chi connectivity index (χ2v) is 13.9. The fraction of sp³-hybridized carbons (Fsp3) is 0.316. The van der Waals surface area contributed by atoms with E-state index in [1.165, 1.54) is 37.3 Å². The Balaban J connectivity index is 1.58. The second-order valence-electron chi connectivity index (χ2n) is 12.1. The lowest BCUT2D eigenvalue weighted by molar-refractivity contribution is -0.140. The van der Waals surface area contributed by atoms with Gasteiger partial charge in [0.25, 0.3) is 10.0 Å². The molecule has 0 heterocycles. The first-order valence-electron chi connectivity index (χ1n) is 16.2. The van der Waals surface area contributed by atoms with Gasteiger partial charge in [-0.05, 0) is 55.2 Å². The van der Waals surface area contributed by atoms with Gasteiger partial charge in [0, 0.05) is 25.1 Å². The fourth-order valence-corrected chi connectivity index (χ4v) is 7.45. The monoisotopic (exact) mass is 669 g/mol. The minimum absolute atomic E-state index is 0.0325. The molecule has 48 heavy (non-hydrogen) atoms. The van der Waals surface area contributed by atoms with Crippen molar-refractivity contribution in [3.8, 4) is 11.5 Å². The molecule has 0 saturated heterocycles. The van der Waals surface area contributed by atoms with Gasteiger partial charge in [-0.25, -0.2) is 8.42 Å². The quantitative estimate of drug-likeness (QED) is 0.179. The van der Waals surface area contributed by atoms with Crippen LogP contribution in [-0.2, 0) is 32.6 Å². The van der Waals surface area contributed by atoms with Gasteiger partial charge in [0.2, 0.25) is 11.8 Å². The van der Waals surface area contributed by atoms with Crippen LogP contribution < -0.4 is 19.1 Å². The molecule has 4 aromatic rings. The summed E-state index contributed by atoms with van der Waals surface area (Å²) in [6.07, 6.45) is 4.12. The van der Waals surface area contributed by atoms with Gasteiger partial charge in [-0.1, -0.05) is 91.2 Å². The van der Waals surface area contributed by atoms with Crippen molar-refractivity contribution in [1.29, 1.82) is 0 Å². The van der Waals surface area contributed by atoms with Gasteiger partial charge in [-0.2, -0.15) is 0 Å². The third kappa shape index (κ3) is 8.36. The zero-order valence-electron chi connectivity index (χ0n) is 27.7. The van der Waals surface area contributed by atoms with Gasteiger partial charge >= 0.3 is 0 Å². The lowest BCUT2D eigenvalue weighted by atomic mass is 10.0. The largest absolute Gasteiger partial charge is 0.493 e. The number of ether oxygens (including phenoxy) is 2. The maximum absolute atomic E-state index is 14.7. The molecule has 1 saturated carbocycles. The summed E-state index contributed by atoms with van der Waals surface area (Å²) in [4.78, 5) is 30.4. The van der Waals surface area contributed by atoms with Crippen LogP contribution in [0.2, 0.25) is 0 Å². The van der Waals surface area contributed by atoms with Crippen LogP contribution >= 0.6 is 0 Å². The normalized spacial score (nSPS) is 13.8. The molecule has 0 spiro atoms. The Kier molecular flexibility index (Phi) is 11.4. The predicted octanol–water partition coefficient (Wildman–Crippen LogP) is 5.91. The van der Waals surface area contributed by atoms with Crippen LogP contribution in [0.25, 0.3) is 0 Å². The first-order chi connectivity index (χ1) is 23.2. The Morgan fingerprint density at radius 1 is 0.812 bits per heavy atom. The van der Waals surface area contributed by atoms with Crippen molar-refractivity contribution < 1.29 is 27.5 Å². The molecule has 9 nitrogen and oxygen atoms in total. The number of aryl methyl sites for hydroxylation is 1. The topological polar surface area (TPSA) is 105 Å². The van der Waals surface area contributed by atoms with Crippen molar-refractivity contribution in [1.82, 2.24) is 10.2 Å². The molecule has 1 atom stereocenters. The van der Waals surface area contributed by atoms with Crippen molar-refractivity contribution in [2.45, 2.75) is 62.6 Å². The molecule has 0 unspecified atom stereocenters. The van der Waals surface area contributed by atoms with E-state index in [1.54, 1.807) is 24.3 Å². The Labute approximate surface area is 283 Å². The van der Waals surface area contributed by atoms with E-state index in [2.05, 4.69) is 5.32 Å². The Bertz CT molecular complexity index is 1780. The number of carbonyl (C=O) groups excluding carboxylic acids is 2. The van der Waals surface area contributed by atoms with Gasteiger partial charge in [0.15, 0.2) is 11.5 Å². The Morgan fingerprint density at radius 2 is 1.42 bits per heavy atom. The average Bonchev–Trinajstić information content (AvgIpc) is 3.62. The van der Waals surface area contributed by atoms with Crippen LogP contribution in [0.15, 0.2) is 108 Å². The first-order valence-corrected chi connectivity index (χ1v) is 17.6. The lowest BCUT2D eigenvalue weighted by Crippen LogP contribution is -2.54. The molecule has 0 aliphatic heterocycles. The molecule has 10 heteroatoms. The summed E-state index contributed by atoms with van der Waals surface area (Å²) in [5, 5.41) is 3.20. The maximum Gasteiger partial charge on any atom is 0.264 e. The van der Waals surface area contributed by atoms with Gasteiger partial charge < -0.3 is 19.7 Å². The third-order valence-electron chi connectivity index (χ3n) is 8.71. The average molecular weight is 670 g/mol. The number of amides is 2. The third-order valence-corrected chi connectivity index (χ3v) is 10.5. The minimum atomic E-state index is -4.25. The molecule has 0 aromatic heterocycles. The van der Waals surface area contributed by atoms with Crippen molar-refractivity contribution in [3.63, 3.8) is 0 Å². The van der Waals surface area contributed by atoms with E-state index in [1.807, 2.05) is 67.6 Å². The molecule has 1 N–H and O–H groups in total. The summed E-state index contributed by atoms with van der Waals surface area (Å²) in [5.74, 6) is -0.0519. The number of hydrogen-bond donors (Lipinski definition) is 1. The predicted molar refractivity (Wildman–Crippen MR) is 187 cm³/mol. The number of carbonyl (C=O) groups is 2. The van der Waals surface area contributed by atoms with E-state index in [9.17, 15) is 18.0 Å². The van der Waals surface area contributed by atoms with E-state index in [4.69, 9.17) is 9.47 Å². The number of nitrogens with zero attached hydrogens (tertiary/aromatic N) is 2. The molecule has 252 valence electrons. The van der Waals surface area contributed by atoms with Gasteiger partial charge in [0.05, 0.1) is 24.8 Å². The standard InChI is InChI=1S/C38H43N3O6S/c1-28-18-21-33(22-19-28)48(44,45)41(32-20-23-35(46-2)36(25-32)47-3)27-37(42)40(26-30-14-8-5-9-15-30)34(24-29-12-6-4-7-13-29)38(43)39-31-16-10-11-17-31/h4-9,12-15,18-23,25,31,34H,10-11,16-17,24,26-27H2,1-3H3,(H,39,43)/t34-/m1/s1. The molecule has 1 fully saturated rings. The molecule has 1 aliphatic rings. The van der Waals surface area contributed by atoms with Crippen molar-refractivity contribution in [2.75, 3.05) is 25.1 Å². The number of rotatable bonds is 14. The number of benzene rings is 4. The number of anilines is 1. The fourth-order valence-electron chi connectivity index (χ4n) is 6.05. The highest BCUT2D eigenvalue weighted by Gasteiger charge is 2.36. The molecule has 2 amide bonds. The summed E-state index contributed by atoms with van der Waals surface area (Å²) < 4.78 is 40.7. The second kappa shape index (κ2) is 15.8. The zero-order valence-corrected chi connectivity index (χ0v) is 28.5. The number of methoxy groups -OCH3 is 2. The van der Waals surface area contributed by atoms with Crippen molar-refractivity contribution in [2.24, 2.45) is 0 Å². The number of hydrogen-bond acceptors (Lipinski definition) is 6. The molecular weight excluding hydrogens is 627 g/mol. The number of sulfonamides is 1. The summed E-state index contributed by atoms with van der Waals surface area (Å²) >= 11 is 0. The first kappa shape index (κ1) is 34.5. The minimum Gasteiger partial charge on any atom is -0.493 e. The molecule has 0 radical (unpaired) electrons. The van der Waals surface area contributed by atoms with E-state index in [0.29, 0.717) is 11.5 Å². The van der Waals surface area contributed by atoms with E-state index < -0.39 is 28.5 Å². The Hall–Kier alpha value is -4.83. The van der Waals surface area contributed by atoms with Crippen LogP contribution in [0.4, 0.5) is 5.69 Å². The summed E-state index contributed by atoms with van der Waals surface area (Å²) in [7, 11) is -1.30. The molecular formula is C38H43N3O6S. The van der Waals surface area contributed by atoms with Gasteiger partial charge in [-0.3, -0.25) is 13.9 Å². The van der Waals surface area contributed by atoms with Crippen molar-refractivity contribution >= 4 is 27.5 Å². The van der Waals surface area contributed by atoms with E-state index in [-0.39, 0.29) is 35.5 Å². The summed E-state index contributed by atoms with van der Waals surface area (Å²) in [6.45, 7) is 1.43. The highest BCUT2D eigenvalue weighted by atomic mass is 32.2. The molecule has 4 aromatic carbocycles. The molecule has 0 bridgehead atoms.